The van der Waals surface area contributed by atoms with Crippen LogP contribution in [-0.4, -0.2) is 6.54 Å². The first-order valence-electron chi connectivity index (χ1n) is 11.0. The SMILES string of the molecule is CCCCCCCCCCN.[CH2-]CCCCCCCCC(C)(C)C.[Na+]. The fourth-order valence-electron chi connectivity index (χ4n) is 2.82. The van der Waals surface area contributed by atoms with Gasteiger partial charge in [0.05, 0.1) is 0 Å². The summed E-state index contributed by atoms with van der Waals surface area (Å²) in [5, 5.41) is 0. The van der Waals surface area contributed by atoms with Crippen LogP contribution >= 0.6 is 0 Å². The summed E-state index contributed by atoms with van der Waals surface area (Å²) in [4.78, 5) is 0. The summed E-state index contributed by atoms with van der Waals surface area (Å²) >= 11 is 0. The van der Waals surface area contributed by atoms with Crippen molar-refractivity contribution < 1.29 is 29.6 Å². The molecule has 0 unspecified atom stereocenters. The Morgan fingerprint density at radius 2 is 1.04 bits per heavy atom. The summed E-state index contributed by atoms with van der Waals surface area (Å²) in [6.07, 6.45) is 21.9. The molecule has 0 bridgehead atoms. The predicted molar refractivity (Wildman–Crippen MR) is 113 cm³/mol. The zero-order valence-corrected chi connectivity index (χ0v) is 20.8. The second-order valence-corrected chi connectivity index (χ2v) is 8.55. The molecule has 0 saturated carbocycles. The van der Waals surface area contributed by atoms with Crippen molar-refractivity contribution in [2.24, 2.45) is 11.1 Å². The zero-order chi connectivity index (χ0) is 18.5. The number of hydrogen-bond donors (Lipinski definition) is 1. The van der Waals surface area contributed by atoms with Crippen molar-refractivity contribution in [1.82, 2.24) is 0 Å². The van der Waals surface area contributed by atoms with E-state index >= 15 is 0 Å². The average molecular weight is 364 g/mol. The van der Waals surface area contributed by atoms with Gasteiger partial charge in [-0.15, -0.1) is 0 Å². The van der Waals surface area contributed by atoms with E-state index in [2.05, 4.69) is 34.6 Å². The largest absolute Gasteiger partial charge is 1.00 e. The Kier molecular flexibility index (Phi) is 30.6. The molecule has 0 aromatic heterocycles. The van der Waals surface area contributed by atoms with Crippen LogP contribution in [0.15, 0.2) is 0 Å². The molecule has 0 spiro atoms. The van der Waals surface area contributed by atoms with Gasteiger partial charge in [0, 0.05) is 0 Å². The molecule has 0 rings (SSSR count). The Labute approximate surface area is 184 Å². The van der Waals surface area contributed by atoms with E-state index < -0.39 is 0 Å². The van der Waals surface area contributed by atoms with E-state index in [9.17, 15) is 0 Å². The fraction of sp³-hybridized carbons (Fsp3) is 0.957. The van der Waals surface area contributed by atoms with Crippen LogP contribution in [0.2, 0.25) is 0 Å². The Morgan fingerprint density at radius 3 is 1.44 bits per heavy atom. The van der Waals surface area contributed by atoms with E-state index in [1.165, 1.54) is 96.3 Å². The van der Waals surface area contributed by atoms with Gasteiger partial charge in [0.1, 0.15) is 0 Å². The summed E-state index contributed by atoms with van der Waals surface area (Å²) in [5.74, 6) is 0. The Morgan fingerprint density at radius 1 is 0.640 bits per heavy atom. The molecule has 0 aliphatic rings. The first-order chi connectivity index (χ1) is 11.5. The van der Waals surface area contributed by atoms with Crippen molar-refractivity contribution >= 4 is 0 Å². The molecule has 0 atom stereocenters. The van der Waals surface area contributed by atoms with Crippen LogP contribution in [0.25, 0.3) is 0 Å². The van der Waals surface area contributed by atoms with E-state index in [1.54, 1.807) is 0 Å². The molecule has 2 N–H and O–H groups in total. The van der Waals surface area contributed by atoms with E-state index in [4.69, 9.17) is 5.73 Å². The van der Waals surface area contributed by atoms with E-state index in [0.29, 0.717) is 5.41 Å². The fourth-order valence-corrected chi connectivity index (χ4v) is 2.82. The molecule has 1 nitrogen and oxygen atoms in total. The van der Waals surface area contributed by atoms with Gasteiger partial charge in [-0.3, -0.25) is 0 Å². The van der Waals surface area contributed by atoms with Crippen LogP contribution in [0.3, 0.4) is 0 Å². The van der Waals surface area contributed by atoms with Crippen LogP contribution < -0.4 is 35.3 Å². The van der Waals surface area contributed by atoms with Crippen molar-refractivity contribution in [3.8, 4) is 0 Å². The molecule has 0 amide bonds. The van der Waals surface area contributed by atoms with E-state index in [-0.39, 0.29) is 29.6 Å². The van der Waals surface area contributed by atoms with Crippen molar-refractivity contribution in [2.75, 3.05) is 6.54 Å². The maximum Gasteiger partial charge on any atom is 1.00 e. The molecule has 0 fully saturated rings. The molecule has 0 aliphatic heterocycles. The van der Waals surface area contributed by atoms with Gasteiger partial charge in [-0.2, -0.15) is 6.42 Å². The molecule has 0 aliphatic carbocycles. The summed E-state index contributed by atoms with van der Waals surface area (Å²) in [6, 6.07) is 0. The molecule has 0 heterocycles. The van der Waals surface area contributed by atoms with E-state index in [0.717, 1.165) is 13.0 Å². The summed E-state index contributed by atoms with van der Waals surface area (Å²) in [7, 11) is 0. The zero-order valence-electron chi connectivity index (χ0n) is 18.8. The van der Waals surface area contributed by atoms with Crippen molar-refractivity contribution in [1.29, 1.82) is 0 Å². The number of rotatable bonds is 15. The molecular weight excluding hydrogens is 313 g/mol. The molecule has 25 heavy (non-hydrogen) atoms. The standard InChI is InChI=1S/C13H27.C10H23N.Na/c1-5-6-7-8-9-10-11-12-13(2,3)4;1-2-3-4-5-6-7-8-9-10-11;/h1,5-12H2,2-4H3;2-11H2,1H3;/q-1;;+1. The minimum Gasteiger partial charge on any atom is -0.343 e. The predicted octanol–water partition coefficient (Wildman–Crippen LogP) is 5.08. The molecule has 148 valence electrons. The van der Waals surface area contributed by atoms with Gasteiger partial charge in [0.25, 0.3) is 0 Å². The van der Waals surface area contributed by atoms with Gasteiger partial charge in [-0.05, 0) is 24.8 Å². The summed E-state index contributed by atoms with van der Waals surface area (Å²) in [5.41, 5.74) is 5.93. The third-order valence-corrected chi connectivity index (χ3v) is 4.48. The van der Waals surface area contributed by atoms with Gasteiger partial charge >= 0.3 is 29.6 Å². The molecule has 0 aromatic carbocycles. The summed E-state index contributed by atoms with van der Waals surface area (Å²) < 4.78 is 0. The first-order valence-corrected chi connectivity index (χ1v) is 11.0. The van der Waals surface area contributed by atoms with Crippen LogP contribution in [0, 0.1) is 12.3 Å². The molecule has 0 aromatic rings. The topological polar surface area (TPSA) is 26.0 Å². The summed E-state index contributed by atoms with van der Waals surface area (Å²) in [6.45, 7) is 14.0. The Hall–Kier alpha value is 0.960. The molecule has 0 radical (unpaired) electrons. The minimum atomic E-state index is 0. The van der Waals surface area contributed by atoms with Crippen LogP contribution in [0.4, 0.5) is 0 Å². The molecular formula is C23H50NNa. The van der Waals surface area contributed by atoms with Crippen molar-refractivity contribution in [2.45, 2.75) is 130 Å². The monoisotopic (exact) mass is 363 g/mol. The number of unbranched alkanes of at least 4 members (excludes halogenated alkanes) is 13. The maximum atomic E-state index is 5.39. The van der Waals surface area contributed by atoms with Gasteiger partial charge in [-0.1, -0.05) is 111 Å². The normalized spacial score (nSPS) is 10.8. The Balaban J connectivity index is -0.000000377. The van der Waals surface area contributed by atoms with Gasteiger partial charge in [0.2, 0.25) is 0 Å². The molecule has 0 saturated heterocycles. The van der Waals surface area contributed by atoms with Crippen molar-refractivity contribution in [3.63, 3.8) is 0 Å². The smallest absolute Gasteiger partial charge is 0.343 e. The van der Waals surface area contributed by atoms with Crippen LogP contribution in [-0.2, 0) is 0 Å². The van der Waals surface area contributed by atoms with Crippen LogP contribution in [0.5, 0.6) is 0 Å². The maximum absolute atomic E-state index is 5.39. The second-order valence-electron chi connectivity index (χ2n) is 8.55. The minimum absolute atomic E-state index is 0. The van der Waals surface area contributed by atoms with Gasteiger partial charge < -0.3 is 12.7 Å². The number of hydrogen-bond acceptors (Lipinski definition) is 1. The first kappa shape index (κ1) is 30.7. The average Bonchev–Trinajstić information content (AvgIpc) is 2.53. The van der Waals surface area contributed by atoms with Crippen LogP contribution in [0.1, 0.15) is 130 Å². The third kappa shape index (κ3) is 36.6. The number of nitrogens with two attached hydrogens (primary N) is 1. The van der Waals surface area contributed by atoms with E-state index in [1.807, 2.05) is 0 Å². The third-order valence-electron chi connectivity index (χ3n) is 4.48. The Bertz CT molecular complexity index is 203. The quantitative estimate of drug-likeness (QED) is 0.245. The van der Waals surface area contributed by atoms with Gasteiger partial charge in [0.15, 0.2) is 0 Å². The van der Waals surface area contributed by atoms with Crippen molar-refractivity contribution in [3.05, 3.63) is 6.92 Å². The second kappa shape index (κ2) is 25.0. The molecule has 2 heteroatoms. The van der Waals surface area contributed by atoms with Gasteiger partial charge in [-0.25, -0.2) is 0 Å².